The number of benzene rings is 2. The van der Waals surface area contributed by atoms with Gasteiger partial charge >= 0.3 is 0 Å². The van der Waals surface area contributed by atoms with E-state index in [1.165, 1.54) is 5.56 Å². The van der Waals surface area contributed by atoms with Crippen LogP contribution in [0.2, 0.25) is 0 Å². The average molecular weight is 514 g/mol. The molecule has 33 heavy (non-hydrogen) atoms. The number of nitrogens with zero attached hydrogens (tertiary/aromatic N) is 1. The second-order valence-corrected chi connectivity index (χ2v) is 10.2. The Labute approximate surface area is 205 Å². The quantitative estimate of drug-likeness (QED) is 0.591. The summed E-state index contributed by atoms with van der Waals surface area (Å²) in [5, 5.41) is 10.9. The number of aromatic hydroxyl groups is 1. The van der Waals surface area contributed by atoms with Crippen LogP contribution < -0.4 is 9.47 Å². The van der Waals surface area contributed by atoms with Gasteiger partial charge in [0.15, 0.2) is 22.9 Å². The van der Waals surface area contributed by atoms with Crippen LogP contribution >= 0.6 is 17.0 Å². The molecule has 2 aliphatic carbocycles. The highest BCUT2D eigenvalue weighted by Crippen LogP contribution is 2.68. The fourth-order valence-electron chi connectivity index (χ4n) is 7.23. The summed E-state index contributed by atoms with van der Waals surface area (Å²) in [6.07, 6.45) is 5.08. The molecular formula is C27H32BrNO4. The highest BCUT2D eigenvalue weighted by Gasteiger charge is 2.71. The number of ketones is 1. The molecule has 0 unspecified atom stereocenters. The third-order valence-electron chi connectivity index (χ3n) is 8.79. The highest BCUT2D eigenvalue weighted by molar-refractivity contribution is 8.93. The Morgan fingerprint density at radius 2 is 2.06 bits per heavy atom. The molecule has 2 aromatic carbocycles. The number of hydrogen-bond donors (Lipinski definition) is 1. The van der Waals surface area contributed by atoms with Crippen molar-refractivity contribution in [3.63, 3.8) is 0 Å². The number of ether oxygens (including phenoxy) is 2. The number of phenols is 1. The third kappa shape index (κ3) is 3.02. The Morgan fingerprint density at radius 3 is 2.85 bits per heavy atom. The van der Waals surface area contributed by atoms with Crippen LogP contribution in [0.5, 0.6) is 17.2 Å². The summed E-state index contributed by atoms with van der Waals surface area (Å²) in [5.74, 6) is 1.94. The molecule has 1 spiro atoms. The van der Waals surface area contributed by atoms with Gasteiger partial charge < -0.3 is 19.5 Å². The first-order chi connectivity index (χ1) is 15.5. The molecule has 0 amide bonds. The minimum Gasteiger partial charge on any atom is -0.504 e. The molecular weight excluding hydrogens is 482 g/mol. The van der Waals surface area contributed by atoms with Gasteiger partial charge in [0.1, 0.15) is 5.75 Å². The number of hydrogen-bond acceptors (Lipinski definition) is 5. The smallest absolute Gasteiger partial charge is 0.177 e. The fourth-order valence-corrected chi connectivity index (χ4v) is 7.23. The van der Waals surface area contributed by atoms with E-state index in [0.717, 1.165) is 55.5 Å². The standard InChI is InChI=1S/C27H31NO4.BrH/c1-26-23(30)11-10-19-20-15-18-22(31-14-6-9-17-7-4-3-5-8-17)16-21(29)25(32-26)24(18)27(19,26)12-13-28(20)2;/h3-5,7-8,16,19-20,29H,6,9-15H2,1-2H3;1H/t19-,20+,26-,27-;/m0./s1. The predicted molar refractivity (Wildman–Crippen MR) is 132 cm³/mol. The Balaban J connectivity index is 0.00000228. The minimum absolute atomic E-state index is 0. The first kappa shape index (κ1) is 22.7. The van der Waals surface area contributed by atoms with E-state index in [2.05, 4.69) is 36.2 Å². The van der Waals surface area contributed by atoms with E-state index >= 15 is 0 Å². The summed E-state index contributed by atoms with van der Waals surface area (Å²) >= 11 is 0. The number of carbonyl (C=O) groups excluding carboxylic acids is 1. The molecule has 2 heterocycles. The van der Waals surface area contributed by atoms with Crippen LogP contribution in [0.1, 0.15) is 49.3 Å². The molecule has 5 nitrogen and oxygen atoms in total. The minimum atomic E-state index is -0.893. The average Bonchev–Trinajstić information content (AvgIpc) is 3.07. The largest absolute Gasteiger partial charge is 0.504 e. The summed E-state index contributed by atoms with van der Waals surface area (Å²) in [6.45, 7) is 3.50. The Morgan fingerprint density at radius 1 is 1.27 bits per heavy atom. The van der Waals surface area contributed by atoms with Crippen LogP contribution in [-0.4, -0.2) is 47.6 Å². The van der Waals surface area contributed by atoms with E-state index in [1.54, 1.807) is 6.07 Å². The number of Topliss-reactive ketones (excluding diaryl/α,β-unsaturated/α-hetero) is 1. The number of rotatable bonds is 5. The van der Waals surface area contributed by atoms with E-state index in [1.807, 2.05) is 13.0 Å². The van der Waals surface area contributed by atoms with Crippen molar-refractivity contribution < 1.29 is 19.4 Å². The van der Waals surface area contributed by atoms with Gasteiger partial charge in [-0.3, -0.25) is 4.79 Å². The van der Waals surface area contributed by atoms with E-state index < -0.39 is 5.60 Å². The van der Waals surface area contributed by atoms with Gasteiger partial charge in [0.25, 0.3) is 0 Å². The maximum atomic E-state index is 13.2. The lowest BCUT2D eigenvalue weighted by Gasteiger charge is -2.60. The second kappa shape index (κ2) is 8.02. The lowest BCUT2D eigenvalue weighted by molar-refractivity contribution is -0.153. The third-order valence-corrected chi connectivity index (χ3v) is 8.79. The van der Waals surface area contributed by atoms with Crippen LogP contribution in [-0.2, 0) is 23.1 Å². The van der Waals surface area contributed by atoms with Crippen molar-refractivity contribution in [2.24, 2.45) is 5.92 Å². The number of piperidine rings is 1. The highest BCUT2D eigenvalue weighted by atomic mass is 79.9. The summed E-state index contributed by atoms with van der Waals surface area (Å²) in [6, 6.07) is 12.5. The van der Waals surface area contributed by atoms with E-state index in [0.29, 0.717) is 30.7 Å². The Bertz CT molecular complexity index is 1090. The lowest BCUT2D eigenvalue weighted by atomic mass is 9.47. The van der Waals surface area contributed by atoms with Crippen molar-refractivity contribution in [1.29, 1.82) is 0 Å². The topological polar surface area (TPSA) is 59.0 Å². The Kier molecular flexibility index (Phi) is 5.52. The van der Waals surface area contributed by atoms with Crippen molar-refractivity contribution in [2.45, 2.75) is 62.5 Å². The van der Waals surface area contributed by atoms with Gasteiger partial charge in [-0.25, -0.2) is 0 Å². The van der Waals surface area contributed by atoms with Gasteiger partial charge in [0.05, 0.1) is 12.0 Å². The lowest BCUT2D eigenvalue weighted by Crippen LogP contribution is -2.70. The molecule has 1 saturated carbocycles. The van der Waals surface area contributed by atoms with Gasteiger partial charge in [-0.1, -0.05) is 30.3 Å². The van der Waals surface area contributed by atoms with E-state index in [-0.39, 0.29) is 33.9 Å². The first-order valence-electron chi connectivity index (χ1n) is 11.9. The summed E-state index contributed by atoms with van der Waals surface area (Å²) in [7, 11) is 2.20. The molecule has 4 aliphatic rings. The SMILES string of the molecule is Br.CN1CC[C@]23c4c5c(OCCCc6ccccc6)cc(O)c4O[C@@]2(C)C(=O)CC[C@H]3[C@H]1C5. The van der Waals surface area contributed by atoms with Crippen molar-refractivity contribution in [3.05, 3.63) is 53.1 Å². The molecule has 0 radical (unpaired) electrons. The zero-order valence-corrected chi connectivity index (χ0v) is 21.0. The number of carbonyl (C=O) groups is 1. The number of likely N-dealkylation sites (tertiary alicyclic amines) is 1. The van der Waals surface area contributed by atoms with Crippen LogP contribution in [0.4, 0.5) is 0 Å². The molecule has 1 saturated heterocycles. The molecule has 2 bridgehead atoms. The van der Waals surface area contributed by atoms with Crippen LogP contribution in [0.25, 0.3) is 0 Å². The summed E-state index contributed by atoms with van der Waals surface area (Å²) in [4.78, 5) is 15.7. The zero-order valence-electron chi connectivity index (χ0n) is 19.3. The van der Waals surface area contributed by atoms with Crippen molar-refractivity contribution >= 4 is 22.8 Å². The molecule has 2 aromatic rings. The molecule has 176 valence electrons. The maximum absolute atomic E-state index is 13.2. The fraction of sp³-hybridized carbons (Fsp3) is 0.519. The van der Waals surface area contributed by atoms with Gasteiger partial charge in [0.2, 0.25) is 0 Å². The van der Waals surface area contributed by atoms with Gasteiger partial charge in [0, 0.05) is 29.7 Å². The normalized spacial score (nSPS) is 31.4. The number of phenolic OH excluding ortho intramolecular Hbond substituents is 1. The van der Waals surface area contributed by atoms with Crippen molar-refractivity contribution in [2.75, 3.05) is 20.2 Å². The number of likely N-dealkylation sites (N-methyl/N-ethyl adjacent to an activating group) is 1. The zero-order chi connectivity index (χ0) is 22.1. The van der Waals surface area contributed by atoms with Gasteiger partial charge in [-0.05, 0) is 64.1 Å². The van der Waals surface area contributed by atoms with Gasteiger partial charge in [-0.15, -0.1) is 17.0 Å². The van der Waals surface area contributed by atoms with Crippen LogP contribution in [0, 0.1) is 5.92 Å². The van der Waals surface area contributed by atoms with Crippen LogP contribution in [0.3, 0.4) is 0 Å². The molecule has 2 aliphatic heterocycles. The summed E-state index contributed by atoms with van der Waals surface area (Å²) in [5.41, 5.74) is 2.26. The maximum Gasteiger partial charge on any atom is 0.177 e. The van der Waals surface area contributed by atoms with E-state index in [9.17, 15) is 9.90 Å². The number of aryl methyl sites for hydroxylation is 1. The first-order valence-corrected chi connectivity index (χ1v) is 11.9. The molecule has 0 aromatic heterocycles. The molecule has 6 rings (SSSR count). The van der Waals surface area contributed by atoms with Crippen molar-refractivity contribution in [1.82, 2.24) is 4.90 Å². The van der Waals surface area contributed by atoms with Crippen molar-refractivity contribution in [3.8, 4) is 17.2 Å². The number of halogens is 1. The molecule has 6 heteroatoms. The molecule has 1 N–H and O–H groups in total. The summed E-state index contributed by atoms with van der Waals surface area (Å²) < 4.78 is 12.7. The molecule has 2 fully saturated rings. The van der Waals surface area contributed by atoms with Crippen LogP contribution in [0.15, 0.2) is 36.4 Å². The van der Waals surface area contributed by atoms with E-state index in [4.69, 9.17) is 9.47 Å². The molecule has 4 atom stereocenters. The van der Waals surface area contributed by atoms with Gasteiger partial charge in [-0.2, -0.15) is 0 Å². The monoisotopic (exact) mass is 513 g/mol. The predicted octanol–water partition coefficient (Wildman–Crippen LogP) is 4.61. The second-order valence-electron chi connectivity index (χ2n) is 10.2. The Hall–Kier alpha value is -2.05.